The Morgan fingerprint density at radius 2 is 1.89 bits per heavy atom. The molecule has 0 unspecified atom stereocenters. The summed E-state index contributed by atoms with van der Waals surface area (Å²) in [5.41, 5.74) is 2.79. The molecule has 0 N–H and O–H groups in total. The van der Waals surface area contributed by atoms with Crippen molar-refractivity contribution in [2.24, 2.45) is 0 Å². The van der Waals surface area contributed by atoms with Gasteiger partial charge in [-0.15, -0.1) is 10.2 Å². The number of aryl methyl sites for hydroxylation is 1. The third-order valence-corrected chi connectivity index (χ3v) is 6.07. The van der Waals surface area contributed by atoms with Gasteiger partial charge in [0.25, 0.3) is 0 Å². The van der Waals surface area contributed by atoms with Crippen LogP contribution in [0.25, 0.3) is 16.6 Å². The van der Waals surface area contributed by atoms with Crippen molar-refractivity contribution in [2.75, 3.05) is 25.6 Å². The molecule has 0 aliphatic carbocycles. The fourth-order valence-corrected chi connectivity index (χ4v) is 4.60. The second kappa shape index (κ2) is 6.60. The zero-order valence-electron chi connectivity index (χ0n) is 15.1. The van der Waals surface area contributed by atoms with E-state index in [1.807, 2.05) is 28.4 Å². The Morgan fingerprint density at radius 1 is 1.11 bits per heavy atom. The summed E-state index contributed by atoms with van der Waals surface area (Å²) in [5.74, 6) is 2.03. The van der Waals surface area contributed by atoms with E-state index in [2.05, 4.69) is 16.3 Å². The fourth-order valence-electron chi connectivity index (χ4n) is 3.75. The van der Waals surface area contributed by atoms with Crippen LogP contribution < -0.4 is 9.47 Å². The Bertz CT molecular complexity index is 1040. The maximum Gasteiger partial charge on any atom is 0.233 e. The Kier molecular flexibility index (Phi) is 4.07. The summed E-state index contributed by atoms with van der Waals surface area (Å²) in [5, 5.41) is 10.5. The first kappa shape index (κ1) is 16.7. The van der Waals surface area contributed by atoms with E-state index < -0.39 is 0 Å². The fraction of sp³-hybridized carbons (Fsp3) is 0.421. The summed E-state index contributed by atoms with van der Waals surface area (Å²) in [6, 6.07) is 6.02. The van der Waals surface area contributed by atoms with E-state index >= 15 is 0 Å². The number of thioether (sulfide) groups is 1. The lowest BCUT2D eigenvalue weighted by Crippen LogP contribution is -2.36. The van der Waals surface area contributed by atoms with Crippen molar-refractivity contribution in [1.82, 2.24) is 19.5 Å². The maximum atomic E-state index is 12.5. The summed E-state index contributed by atoms with van der Waals surface area (Å²) in [7, 11) is 0. The number of benzene rings is 1. The monoisotopic (exact) mass is 384 g/mol. The molecule has 0 saturated carbocycles. The summed E-state index contributed by atoms with van der Waals surface area (Å²) in [6.45, 7) is 3.99. The van der Waals surface area contributed by atoms with Gasteiger partial charge in [0.1, 0.15) is 0 Å². The number of aromatic nitrogens is 3. The van der Waals surface area contributed by atoms with Gasteiger partial charge in [-0.1, -0.05) is 11.8 Å². The zero-order valence-corrected chi connectivity index (χ0v) is 15.9. The molecule has 0 atom stereocenters. The van der Waals surface area contributed by atoms with Crippen molar-refractivity contribution in [3.05, 3.63) is 23.8 Å². The van der Waals surface area contributed by atoms with Gasteiger partial charge >= 0.3 is 0 Å². The van der Waals surface area contributed by atoms with Crippen LogP contribution in [-0.4, -0.2) is 51.0 Å². The van der Waals surface area contributed by atoms with Crippen LogP contribution in [0.15, 0.2) is 23.4 Å². The molecule has 0 spiro atoms. The number of hydrogen-bond acceptors (Lipinski definition) is 6. The number of hydrogen-bond donors (Lipinski definition) is 0. The second-order valence-electron chi connectivity index (χ2n) is 6.96. The minimum atomic E-state index is 0.172. The van der Waals surface area contributed by atoms with Crippen molar-refractivity contribution in [2.45, 2.75) is 31.3 Å². The van der Waals surface area contributed by atoms with E-state index in [-0.39, 0.29) is 12.7 Å². The third-order valence-electron chi connectivity index (χ3n) is 5.15. The van der Waals surface area contributed by atoms with Crippen LogP contribution in [0.3, 0.4) is 0 Å². The van der Waals surface area contributed by atoms with Gasteiger partial charge in [-0.25, -0.2) is 0 Å². The SMILES string of the molecule is Cc1cc2cc3c(cc2n2c(SCC(=O)N4CCCCC4)nnc12)OCO3. The summed E-state index contributed by atoms with van der Waals surface area (Å²) < 4.78 is 13.0. The predicted molar refractivity (Wildman–Crippen MR) is 103 cm³/mol. The van der Waals surface area contributed by atoms with Gasteiger partial charge < -0.3 is 14.4 Å². The Hall–Kier alpha value is -2.48. The first-order valence-electron chi connectivity index (χ1n) is 9.19. The highest BCUT2D eigenvalue weighted by Crippen LogP contribution is 2.37. The zero-order chi connectivity index (χ0) is 18.4. The van der Waals surface area contributed by atoms with Gasteiger partial charge in [-0.05, 0) is 43.9 Å². The number of nitrogens with zero attached hydrogens (tertiary/aromatic N) is 4. The molecule has 5 rings (SSSR count). The van der Waals surface area contributed by atoms with Gasteiger partial charge in [0.15, 0.2) is 22.3 Å². The van der Waals surface area contributed by atoms with Crippen LogP contribution in [0.4, 0.5) is 0 Å². The number of amides is 1. The van der Waals surface area contributed by atoms with Gasteiger partial charge in [-0.2, -0.15) is 0 Å². The van der Waals surface area contributed by atoms with E-state index in [9.17, 15) is 4.79 Å². The van der Waals surface area contributed by atoms with E-state index in [1.54, 1.807) is 0 Å². The van der Waals surface area contributed by atoms with Gasteiger partial charge in [0.2, 0.25) is 12.7 Å². The normalized spacial score (nSPS) is 16.4. The molecule has 1 fully saturated rings. The molecule has 7 nitrogen and oxygen atoms in total. The highest BCUT2D eigenvalue weighted by Gasteiger charge is 2.21. The predicted octanol–water partition coefficient (Wildman–Crippen LogP) is 3.02. The lowest BCUT2D eigenvalue weighted by molar-refractivity contribution is -0.129. The van der Waals surface area contributed by atoms with Crippen molar-refractivity contribution in [3.63, 3.8) is 0 Å². The maximum absolute atomic E-state index is 12.5. The topological polar surface area (TPSA) is 69.0 Å². The Morgan fingerprint density at radius 3 is 2.70 bits per heavy atom. The number of fused-ring (bicyclic) bond motifs is 4. The molecule has 1 aromatic carbocycles. The average Bonchev–Trinajstić information content (AvgIpc) is 3.32. The largest absolute Gasteiger partial charge is 0.454 e. The lowest BCUT2D eigenvalue weighted by Gasteiger charge is -2.26. The number of ether oxygens (including phenoxy) is 2. The molecular weight excluding hydrogens is 364 g/mol. The number of piperidine rings is 1. The van der Waals surface area contributed by atoms with Crippen LogP contribution in [0.5, 0.6) is 11.5 Å². The van der Waals surface area contributed by atoms with Crippen molar-refractivity contribution >= 4 is 34.2 Å². The van der Waals surface area contributed by atoms with Gasteiger partial charge in [0, 0.05) is 24.5 Å². The molecule has 1 amide bonds. The molecule has 0 bridgehead atoms. The molecule has 8 heteroatoms. The first-order valence-corrected chi connectivity index (χ1v) is 10.2. The number of pyridine rings is 1. The van der Waals surface area contributed by atoms with E-state index in [4.69, 9.17) is 9.47 Å². The number of likely N-dealkylation sites (tertiary alicyclic amines) is 1. The molecule has 140 valence electrons. The second-order valence-corrected chi connectivity index (χ2v) is 7.91. The van der Waals surface area contributed by atoms with Gasteiger partial charge in [-0.3, -0.25) is 9.20 Å². The van der Waals surface area contributed by atoms with Crippen LogP contribution in [0, 0.1) is 6.92 Å². The van der Waals surface area contributed by atoms with E-state index in [1.165, 1.54) is 18.2 Å². The standard InChI is InChI=1S/C19H20N4O3S/c1-12-7-13-8-15-16(26-11-25-15)9-14(13)23-18(12)20-21-19(23)27-10-17(24)22-5-3-2-4-6-22/h7-9H,2-6,10-11H2,1H3. The molecule has 0 radical (unpaired) electrons. The quantitative estimate of drug-likeness (QED) is 0.647. The first-order chi connectivity index (χ1) is 13.2. The molecule has 2 aliphatic heterocycles. The smallest absolute Gasteiger partial charge is 0.233 e. The number of carbonyl (C=O) groups excluding carboxylic acids is 1. The minimum Gasteiger partial charge on any atom is -0.454 e. The number of carbonyl (C=O) groups is 1. The van der Waals surface area contributed by atoms with Gasteiger partial charge in [0.05, 0.1) is 11.3 Å². The molecule has 1 saturated heterocycles. The van der Waals surface area contributed by atoms with Crippen molar-refractivity contribution < 1.29 is 14.3 Å². The molecule has 27 heavy (non-hydrogen) atoms. The van der Waals surface area contributed by atoms with E-state index in [0.717, 1.165) is 64.7 Å². The minimum absolute atomic E-state index is 0.172. The summed E-state index contributed by atoms with van der Waals surface area (Å²) >= 11 is 1.44. The Balaban J connectivity index is 1.51. The van der Waals surface area contributed by atoms with Crippen molar-refractivity contribution in [3.8, 4) is 11.5 Å². The molecule has 4 heterocycles. The van der Waals surface area contributed by atoms with Crippen molar-refractivity contribution in [1.29, 1.82) is 0 Å². The van der Waals surface area contributed by atoms with Crippen LogP contribution in [0.1, 0.15) is 24.8 Å². The highest BCUT2D eigenvalue weighted by molar-refractivity contribution is 7.99. The van der Waals surface area contributed by atoms with E-state index in [0.29, 0.717) is 5.75 Å². The summed E-state index contributed by atoms with van der Waals surface area (Å²) in [4.78, 5) is 14.5. The average molecular weight is 384 g/mol. The van der Waals surface area contributed by atoms with Crippen LogP contribution in [0.2, 0.25) is 0 Å². The van der Waals surface area contributed by atoms with Crippen LogP contribution >= 0.6 is 11.8 Å². The number of rotatable bonds is 3. The lowest BCUT2D eigenvalue weighted by atomic mass is 10.1. The summed E-state index contributed by atoms with van der Waals surface area (Å²) in [6.07, 6.45) is 3.41. The molecule has 2 aromatic heterocycles. The molecule has 3 aromatic rings. The Labute approximate surface area is 160 Å². The third kappa shape index (κ3) is 2.88. The highest BCUT2D eigenvalue weighted by atomic mass is 32.2. The van der Waals surface area contributed by atoms with Crippen LogP contribution in [-0.2, 0) is 4.79 Å². The molecular formula is C19H20N4O3S. The molecule has 2 aliphatic rings.